The van der Waals surface area contributed by atoms with Gasteiger partial charge in [-0.3, -0.25) is 9.48 Å². The van der Waals surface area contributed by atoms with Gasteiger partial charge in [-0.1, -0.05) is 6.07 Å². The van der Waals surface area contributed by atoms with Crippen LogP contribution in [0.2, 0.25) is 0 Å². The minimum absolute atomic E-state index is 0.104. The number of halogens is 6. The van der Waals surface area contributed by atoms with E-state index in [1.54, 1.807) is 13.2 Å². The predicted molar refractivity (Wildman–Crippen MR) is 130 cm³/mol. The van der Waals surface area contributed by atoms with Crippen LogP contribution in [-0.2, 0) is 29.0 Å². The molecule has 2 aliphatic carbocycles. The Balaban J connectivity index is 1.42. The third-order valence-corrected chi connectivity index (χ3v) is 10.1. The Labute approximate surface area is 226 Å². The molecule has 2 heterocycles. The zero-order valence-corrected chi connectivity index (χ0v) is 22.1. The molecule has 2 saturated carbocycles. The Morgan fingerprint density at radius 3 is 2.38 bits per heavy atom. The molecule has 210 valence electrons. The molecule has 1 unspecified atom stereocenters. The van der Waals surface area contributed by atoms with E-state index in [-0.39, 0.29) is 17.9 Å². The monoisotopic (exact) mass is 591 g/mol. The first kappa shape index (κ1) is 28.0. The number of nitrogens with one attached hydrogen (secondary N) is 1. The van der Waals surface area contributed by atoms with E-state index < -0.39 is 69.2 Å². The van der Waals surface area contributed by atoms with Crippen LogP contribution in [0.25, 0.3) is 11.1 Å². The van der Waals surface area contributed by atoms with Gasteiger partial charge >= 0.3 is 12.4 Å². The van der Waals surface area contributed by atoms with Crippen LogP contribution in [0.5, 0.6) is 0 Å². The van der Waals surface area contributed by atoms with E-state index >= 15 is 0 Å². The molecule has 5 rings (SSSR count). The first-order valence-corrected chi connectivity index (χ1v) is 14.1. The number of hydrogen-bond acceptors (Lipinski definition) is 5. The zero-order chi connectivity index (χ0) is 28.4. The minimum atomic E-state index is -4.80. The first-order chi connectivity index (χ1) is 18.2. The molecule has 1 aliphatic heterocycles. The van der Waals surface area contributed by atoms with E-state index in [0.29, 0.717) is 24.0 Å². The molecule has 1 amide bonds. The van der Waals surface area contributed by atoms with Crippen molar-refractivity contribution in [2.75, 3.05) is 6.54 Å². The smallest absolute Gasteiger partial charge is 0.325 e. The number of alkyl halides is 6. The highest BCUT2D eigenvalue weighted by Gasteiger charge is 2.70. The number of rotatable bonds is 7. The topological polar surface area (TPSA) is 91.0 Å². The van der Waals surface area contributed by atoms with Crippen molar-refractivity contribution in [3.05, 3.63) is 36.2 Å². The first-order valence-electron chi connectivity index (χ1n) is 12.0. The van der Waals surface area contributed by atoms with Crippen molar-refractivity contribution < 1.29 is 35.3 Å². The van der Waals surface area contributed by atoms with Gasteiger partial charge in [0.25, 0.3) is 0 Å². The maximum absolute atomic E-state index is 14.0. The zero-order valence-electron chi connectivity index (χ0n) is 20.5. The van der Waals surface area contributed by atoms with E-state index in [4.69, 9.17) is 0 Å². The van der Waals surface area contributed by atoms with Crippen LogP contribution in [-0.4, -0.2) is 53.7 Å². The van der Waals surface area contributed by atoms with Crippen molar-refractivity contribution >= 4 is 28.7 Å². The summed E-state index contributed by atoms with van der Waals surface area (Å²) in [5, 5.41) is 11.3. The lowest BCUT2D eigenvalue weighted by atomic mass is 10.1. The maximum Gasteiger partial charge on any atom is 0.417 e. The molecular weight excluding hydrogens is 568 g/mol. The van der Waals surface area contributed by atoms with Crippen LogP contribution >= 0.6 is 11.8 Å². The highest BCUT2D eigenvalue weighted by Crippen LogP contribution is 2.59. The van der Waals surface area contributed by atoms with Crippen LogP contribution in [0.3, 0.4) is 0 Å². The van der Waals surface area contributed by atoms with Gasteiger partial charge in [0.1, 0.15) is 27.3 Å². The van der Waals surface area contributed by atoms with Gasteiger partial charge in [0.15, 0.2) is 0 Å². The Kier molecular flexibility index (Phi) is 6.83. The summed E-state index contributed by atoms with van der Waals surface area (Å²) in [5.41, 5.74) is -3.79. The van der Waals surface area contributed by atoms with Crippen LogP contribution in [0.15, 0.2) is 35.5 Å². The van der Waals surface area contributed by atoms with Crippen molar-refractivity contribution in [2.45, 2.75) is 65.5 Å². The molecule has 15 heteroatoms. The highest BCUT2D eigenvalue weighted by molar-refractivity contribution is 8.00. The molecule has 0 bridgehead atoms. The second-order valence-electron chi connectivity index (χ2n) is 10.2. The van der Waals surface area contributed by atoms with E-state index in [0.717, 1.165) is 22.7 Å². The largest absolute Gasteiger partial charge is 0.417 e. The number of carbonyl (C=O) groups excluding carboxylic acids is 1. The van der Waals surface area contributed by atoms with Gasteiger partial charge in [0, 0.05) is 35.5 Å². The third kappa shape index (κ3) is 5.30. The SMILES string of the molecule is Cn1cc(-c2ccc(S[C@@H]3C[C@@H](S(=O)NC4(C#N)CC4)N(C(=O)C4(C(F)(F)F)CC4)C3)c(C(F)(F)F)c2)cn1. The van der Waals surface area contributed by atoms with Crippen molar-refractivity contribution in [2.24, 2.45) is 12.5 Å². The normalized spacial score (nSPS) is 24.3. The van der Waals surface area contributed by atoms with Crippen LogP contribution in [0, 0.1) is 16.7 Å². The fourth-order valence-corrected chi connectivity index (χ4v) is 7.72. The summed E-state index contributed by atoms with van der Waals surface area (Å²) in [5.74, 6) is -1.22. The lowest BCUT2D eigenvalue weighted by Gasteiger charge is -2.29. The minimum Gasteiger partial charge on any atom is -0.325 e. The summed E-state index contributed by atoms with van der Waals surface area (Å²) in [6.45, 7) is -0.305. The number of likely N-dealkylation sites (tertiary alicyclic amines) is 1. The molecule has 1 N–H and O–H groups in total. The number of benzene rings is 1. The summed E-state index contributed by atoms with van der Waals surface area (Å²) < 4.78 is 101. The number of thioether (sulfide) groups is 1. The number of hydrogen-bond donors (Lipinski definition) is 1. The van der Waals surface area contributed by atoms with Crippen molar-refractivity contribution in [1.82, 2.24) is 19.4 Å². The molecule has 0 spiro atoms. The lowest BCUT2D eigenvalue weighted by Crippen LogP contribution is -2.50. The fraction of sp³-hybridized carbons (Fsp3) is 0.542. The molecule has 0 radical (unpaired) electrons. The number of aromatic nitrogens is 2. The van der Waals surface area contributed by atoms with Crippen molar-refractivity contribution in [1.29, 1.82) is 5.26 Å². The maximum atomic E-state index is 14.0. The molecule has 7 nitrogen and oxygen atoms in total. The molecule has 1 saturated heterocycles. The van der Waals surface area contributed by atoms with Crippen LogP contribution < -0.4 is 4.72 Å². The average molecular weight is 592 g/mol. The molecule has 2 aromatic rings. The summed E-state index contributed by atoms with van der Waals surface area (Å²) in [6.07, 6.45) is -6.62. The molecule has 3 fully saturated rings. The van der Waals surface area contributed by atoms with Gasteiger partial charge in [-0.05, 0) is 49.8 Å². The Morgan fingerprint density at radius 1 is 1.18 bits per heavy atom. The van der Waals surface area contributed by atoms with Gasteiger partial charge < -0.3 is 4.90 Å². The van der Waals surface area contributed by atoms with E-state index in [1.807, 2.05) is 6.07 Å². The van der Waals surface area contributed by atoms with E-state index in [2.05, 4.69) is 9.82 Å². The predicted octanol–water partition coefficient (Wildman–Crippen LogP) is 4.78. The number of nitriles is 1. The lowest BCUT2D eigenvalue weighted by molar-refractivity contribution is -0.198. The van der Waals surface area contributed by atoms with Gasteiger partial charge in [0.05, 0.1) is 17.8 Å². The van der Waals surface area contributed by atoms with Crippen molar-refractivity contribution in [3.8, 4) is 17.2 Å². The summed E-state index contributed by atoms with van der Waals surface area (Å²) in [6, 6.07) is 5.76. The van der Waals surface area contributed by atoms with Gasteiger partial charge in [-0.15, -0.1) is 11.8 Å². The molecule has 1 aromatic heterocycles. The molecule has 39 heavy (non-hydrogen) atoms. The molecule has 3 atom stereocenters. The Hall–Kier alpha value is -2.57. The number of nitrogens with zero attached hydrogens (tertiary/aromatic N) is 4. The number of aryl methyl sites for hydroxylation is 1. The average Bonchev–Trinajstić information content (AvgIpc) is 3.75. The summed E-state index contributed by atoms with van der Waals surface area (Å²) in [7, 11) is -0.462. The summed E-state index contributed by atoms with van der Waals surface area (Å²) >= 11 is 0.791. The third-order valence-electron chi connectivity index (χ3n) is 7.30. The number of amides is 1. The highest BCUT2D eigenvalue weighted by atomic mass is 32.2. The number of carbonyl (C=O) groups is 1. The Bertz CT molecular complexity index is 1360. The van der Waals surface area contributed by atoms with E-state index in [1.165, 1.54) is 23.0 Å². The second-order valence-corrected chi connectivity index (χ2v) is 12.9. The molecule has 1 aromatic carbocycles. The van der Waals surface area contributed by atoms with E-state index in [9.17, 15) is 40.6 Å². The van der Waals surface area contributed by atoms with Gasteiger partial charge in [-0.2, -0.15) is 36.7 Å². The van der Waals surface area contributed by atoms with Gasteiger partial charge in [0.2, 0.25) is 5.91 Å². The van der Waals surface area contributed by atoms with Crippen LogP contribution in [0.1, 0.15) is 37.7 Å². The molecule has 3 aliphatic rings. The Morgan fingerprint density at radius 2 is 1.87 bits per heavy atom. The van der Waals surface area contributed by atoms with Gasteiger partial charge in [-0.25, -0.2) is 8.93 Å². The molecular formula is C24H23F6N5O2S2. The summed E-state index contributed by atoms with van der Waals surface area (Å²) in [4.78, 5) is 13.9. The quantitative estimate of drug-likeness (QED) is 0.469. The fourth-order valence-electron chi connectivity index (χ4n) is 4.69. The van der Waals surface area contributed by atoms with Crippen LogP contribution in [0.4, 0.5) is 26.3 Å². The standard InChI is InChI=1S/C24H23F6N5O2S2/c1-34-11-15(10-32-34)14-2-3-18(17(8-14)23(25,26)27)38-16-9-19(39(37)33-21(13-31)4-5-21)35(12-16)20(36)22(6-7-22)24(28,29)30/h2-3,8,10-11,16,19,33H,4-7,9,12H2,1H3/t16-,19-,39?/m1/s1. The second kappa shape index (κ2) is 9.52. The van der Waals surface area contributed by atoms with Crippen molar-refractivity contribution in [3.63, 3.8) is 0 Å².